The van der Waals surface area contributed by atoms with Crippen molar-refractivity contribution in [2.24, 2.45) is 0 Å². The van der Waals surface area contributed by atoms with Crippen LogP contribution >= 0.6 is 7.82 Å². The molecule has 0 aliphatic carbocycles. The topological polar surface area (TPSA) is 86.2 Å². The minimum atomic E-state index is -5.39. The smallest absolute Gasteiger partial charge is 0.822 e. The van der Waals surface area contributed by atoms with Gasteiger partial charge in [-0.1, -0.05) is 0 Å². The van der Waals surface area contributed by atoms with E-state index in [2.05, 4.69) is 0 Å². The average Bonchev–Trinajstić information content (AvgIpc) is 0.722. The van der Waals surface area contributed by atoms with Crippen LogP contribution in [0.4, 0.5) is 0 Å². The van der Waals surface area contributed by atoms with Gasteiger partial charge < -0.3 is 19.2 Å². The molecule has 0 aliphatic heterocycles. The summed E-state index contributed by atoms with van der Waals surface area (Å²) in [5.41, 5.74) is 0. The quantitative estimate of drug-likeness (QED) is 0.316. The van der Waals surface area contributed by atoms with Crippen LogP contribution in [-0.2, 0) is 44.0 Å². The molecule has 0 N–H and O–H groups in total. The molecule has 0 atom stereocenters. The predicted molar refractivity (Wildman–Crippen MR) is 7.61 cm³/mol. The summed E-state index contributed by atoms with van der Waals surface area (Å²) in [6.45, 7) is 0. The molecule has 0 saturated carbocycles. The minimum Gasteiger partial charge on any atom is -0.822 e. The molecule has 0 bridgehead atoms. The standard InChI is InChI=1S/Li.Mn.Nb.H3O4P/c;;;1-5(2,3)4/h;;;(H3,1,2,3,4)/q+1;+2;+5;/p-3. The molecular weight excluding hydrogens is 250 g/mol. The van der Waals surface area contributed by atoms with Crippen molar-refractivity contribution >= 4 is 7.82 Å². The molecule has 37 valence electrons. The van der Waals surface area contributed by atoms with Crippen molar-refractivity contribution in [3.63, 3.8) is 0 Å². The first-order valence-electron chi connectivity index (χ1n) is 0.730. The summed E-state index contributed by atoms with van der Waals surface area (Å²) in [7, 11) is -5.39. The van der Waals surface area contributed by atoms with Gasteiger partial charge in [-0.3, -0.25) is 0 Å². The number of hydrogen-bond acceptors (Lipinski definition) is 4. The van der Waals surface area contributed by atoms with Crippen molar-refractivity contribution in [1.29, 1.82) is 0 Å². The summed E-state index contributed by atoms with van der Waals surface area (Å²) in [6.07, 6.45) is 0. The van der Waals surface area contributed by atoms with E-state index in [0.29, 0.717) is 0 Å². The second-order valence-electron chi connectivity index (χ2n) is 0.447. The zero-order valence-corrected chi connectivity index (χ0v) is 8.18. The maximum atomic E-state index is 8.55. The summed E-state index contributed by atoms with van der Waals surface area (Å²) in [6, 6.07) is 0. The zero-order valence-electron chi connectivity index (χ0n) is 3.91. The molecule has 0 fully saturated rings. The van der Waals surface area contributed by atoms with Crippen LogP contribution in [-0.4, -0.2) is 0 Å². The average molecular weight is 250 g/mol. The van der Waals surface area contributed by atoms with Gasteiger partial charge in [0.15, 0.2) is 0 Å². The molecule has 1 radical (unpaired) electrons. The Morgan fingerprint density at radius 1 is 1.12 bits per heavy atom. The van der Waals surface area contributed by atoms with Gasteiger partial charge in [0.1, 0.15) is 0 Å². The maximum Gasteiger partial charge on any atom is 5.00 e. The van der Waals surface area contributed by atoms with Crippen molar-refractivity contribution in [3.05, 3.63) is 0 Å². The predicted octanol–water partition coefficient (Wildman–Crippen LogP) is -5.83. The number of rotatable bonds is 0. The Hall–Kier alpha value is 1.97. The van der Waals surface area contributed by atoms with Crippen LogP contribution in [0.25, 0.3) is 0 Å². The number of phosphoric acid groups is 1. The van der Waals surface area contributed by atoms with E-state index in [9.17, 15) is 0 Å². The normalized spacial score (nSPS) is 7.38. The molecule has 0 unspecified atom stereocenters. The maximum absolute atomic E-state index is 8.55. The van der Waals surface area contributed by atoms with Crippen molar-refractivity contribution in [2.45, 2.75) is 0 Å². The fourth-order valence-electron chi connectivity index (χ4n) is 0. The van der Waals surface area contributed by atoms with Gasteiger partial charge in [0.25, 0.3) is 0 Å². The Labute approximate surface area is 84.8 Å². The van der Waals surface area contributed by atoms with E-state index >= 15 is 0 Å². The van der Waals surface area contributed by atoms with Crippen LogP contribution in [0, 0.1) is 0 Å². The van der Waals surface area contributed by atoms with E-state index in [4.69, 9.17) is 19.2 Å². The van der Waals surface area contributed by atoms with Gasteiger partial charge in [-0.05, 0) is 0 Å². The Morgan fingerprint density at radius 2 is 1.12 bits per heavy atom. The summed E-state index contributed by atoms with van der Waals surface area (Å²) in [5.74, 6) is 0. The van der Waals surface area contributed by atoms with Crippen molar-refractivity contribution < 1.29 is 77.6 Å². The Bertz CT molecular complexity index is 62.2. The second-order valence-corrected chi connectivity index (χ2v) is 1.34. The summed E-state index contributed by atoms with van der Waals surface area (Å²) >= 11 is 0. The molecular formula is LiMnNbO4P+5. The van der Waals surface area contributed by atoms with Gasteiger partial charge >= 0.3 is 58.3 Å². The summed E-state index contributed by atoms with van der Waals surface area (Å²) < 4.78 is 8.55. The first-order valence-corrected chi connectivity index (χ1v) is 2.19. The van der Waals surface area contributed by atoms with Gasteiger partial charge in [-0.15, -0.1) is 0 Å². The third kappa shape index (κ3) is 99.9. The van der Waals surface area contributed by atoms with Crippen LogP contribution in [0.5, 0.6) is 0 Å². The summed E-state index contributed by atoms with van der Waals surface area (Å²) in [5, 5.41) is 0. The van der Waals surface area contributed by atoms with Crippen LogP contribution in [0.3, 0.4) is 0 Å². The third-order valence-electron chi connectivity index (χ3n) is 0. The van der Waals surface area contributed by atoms with E-state index < -0.39 is 7.82 Å². The van der Waals surface area contributed by atoms with E-state index in [0.717, 1.165) is 0 Å². The molecule has 0 amide bonds. The van der Waals surface area contributed by atoms with Crippen molar-refractivity contribution in [2.75, 3.05) is 0 Å². The molecule has 0 aromatic rings. The molecule has 0 aromatic carbocycles. The largest absolute Gasteiger partial charge is 5.00 e. The Morgan fingerprint density at radius 3 is 1.12 bits per heavy atom. The molecule has 0 aromatic heterocycles. The monoisotopic (exact) mass is 250 g/mol. The molecule has 0 heterocycles. The van der Waals surface area contributed by atoms with E-state index in [1.54, 1.807) is 0 Å². The zero-order chi connectivity index (χ0) is 4.50. The van der Waals surface area contributed by atoms with E-state index in [1.165, 1.54) is 0 Å². The second kappa shape index (κ2) is 8.97. The van der Waals surface area contributed by atoms with Gasteiger partial charge in [-0.25, -0.2) is 0 Å². The van der Waals surface area contributed by atoms with Crippen molar-refractivity contribution in [1.82, 2.24) is 0 Å². The van der Waals surface area contributed by atoms with E-state index in [1.807, 2.05) is 0 Å². The van der Waals surface area contributed by atoms with Gasteiger partial charge in [-0.2, -0.15) is 7.82 Å². The Balaban J connectivity index is -0.0000000267. The molecule has 0 spiro atoms. The van der Waals surface area contributed by atoms with Crippen LogP contribution in [0.15, 0.2) is 0 Å². The van der Waals surface area contributed by atoms with Crippen molar-refractivity contribution in [3.8, 4) is 0 Å². The minimum absolute atomic E-state index is 0. The van der Waals surface area contributed by atoms with Gasteiger partial charge in [0.2, 0.25) is 0 Å². The SMILES string of the molecule is O=P([O-])([O-])[O-].[Li+].[Mn+2].[Nb+5]. The number of hydrogen-bond donors (Lipinski definition) is 0. The molecule has 0 saturated heterocycles. The molecule has 8 heteroatoms. The Kier molecular flexibility index (Phi) is 25.2. The fraction of sp³-hybridized carbons (Fsp3) is 0. The van der Waals surface area contributed by atoms with Crippen LogP contribution in [0.1, 0.15) is 0 Å². The van der Waals surface area contributed by atoms with Crippen LogP contribution < -0.4 is 33.5 Å². The molecule has 0 aliphatic rings. The summed E-state index contributed by atoms with van der Waals surface area (Å²) in [4.78, 5) is 25.6. The van der Waals surface area contributed by atoms with Gasteiger partial charge in [0, 0.05) is 0 Å². The first kappa shape index (κ1) is 22.5. The molecule has 4 nitrogen and oxygen atoms in total. The van der Waals surface area contributed by atoms with E-state index in [-0.39, 0.29) is 58.3 Å². The van der Waals surface area contributed by atoms with Gasteiger partial charge in [0.05, 0.1) is 0 Å². The third-order valence-corrected chi connectivity index (χ3v) is 0. The van der Waals surface area contributed by atoms with Crippen LogP contribution in [0.2, 0.25) is 0 Å². The molecule has 0 rings (SSSR count). The molecule has 8 heavy (non-hydrogen) atoms. The first-order chi connectivity index (χ1) is 2.00. The fourth-order valence-corrected chi connectivity index (χ4v) is 0.